The Morgan fingerprint density at radius 1 is 1.39 bits per heavy atom. The van der Waals surface area contributed by atoms with Crippen molar-refractivity contribution in [1.82, 2.24) is 10.3 Å². The predicted octanol–water partition coefficient (Wildman–Crippen LogP) is 1.90. The Labute approximate surface area is 107 Å². The molecule has 0 fully saturated rings. The second kappa shape index (κ2) is 4.30. The van der Waals surface area contributed by atoms with Crippen molar-refractivity contribution < 1.29 is 14.3 Å². The highest BCUT2D eigenvalue weighted by molar-refractivity contribution is 7.13. The highest BCUT2D eigenvalue weighted by Crippen LogP contribution is 2.36. The maximum absolute atomic E-state index is 11.4. The van der Waals surface area contributed by atoms with E-state index >= 15 is 0 Å². The average molecular weight is 262 g/mol. The zero-order chi connectivity index (χ0) is 12.5. The summed E-state index contributed by atoms with van der Waals surface area (Å²) in [5, 5.41) is 5.07. The molecule has 2 aromatic rings. The van der Waals surface area contributed by atoms with E-state index in [2.05, 4.69) is 10.3 Å². The smallest absolute Gasteiger partial charge is 0.270 e. The van der Waals surface area contributed by atoms with Crippen molar-refractivity contribution in [3.05, 3.63) is 29.3 Å². The lowest BCUT2D eigenvalue weighted by Crippen LogP contribution is -2.17. The molecule has 1 N–H and O–H groups in total. The van der Waals surface area contributed by atoms with Gasteiger partial charge in [0, 0.05) is 18.0 Å². The van der Waals surface area contributed by atoms with Gasteiger partial charge in [0.15, 0.2) is 11.5 Å². The van der Waals surface area contributed by atoms with Gasteiger partial charge in [0.2, 0.25) is 6.79 Å². The molecule has 0 atom stereocenters. The first-order valence-corrected chi connectivity index (χ1v) is 6.23. The number of carbonyl (C=O) groups is 1. The largest absolute Gasteiger partial charge is 0.454 e. The monoisotopic (exact) mass is 262 g/mol. The Hall–Kier alpha value is -2.08. The molecule has 0 unspecified atom stereocenters. The molecular weight excluding hydrogens is 252 g/mol. The normalized spacial score (nSPS) is 12.5. The number of fused-ring (bicyclic) bond motifs is 1. The van der Waals surface area contributed by atoms with Gasteiger partial charge < -0.3 is 14.8 Å². The SMILES string of the molecule is CNC(=O)c1csc(-c2ccc3c(c2)OCO3)n1. The number of hydrogen-bond acceptors (Lipinski definition) is 5. The van der Waals surface area contributed by atoms with Gasteiger partial charge in [-0.05, 0) is 18.2 Å². The third-order valence-corrected chi connectivity index (χ3v) is 3.47. The van der Waals surface area contributed by atoms with E-state index in [-0.39, 0.29) is 12.7 Å². The number of benzene rings is 1. The van der Waals surface area contributed by atoms with Crippen molar-refractivity contribution in [2.45, 2.75) is 0 Å². The van der Waals surface area contributed by atoms with Crippen molar-refractivity contribution in [2.24, 2.45) is 0 Å². The minimum Gasteiger partial charge on any atom is -0.454 e. The molecule has 1 aromatic heterocycles. The molecule has 1 aliphatic heterocycles. The van der Waals surface area contributed by atoms with Gasteiger partial charge in [-0.2, -0.15) is 0 Å². The Bertz CT molecular complexity index is 609. The van der Waals surface area contributed by atoms with E-state index in [4.69, 9.17) is 9.47 Å². The van der Waals surface area contributed by atoms with E-state index in [1.807, 2.05) is 18.2 Å². The van der Waals surface area contributed by atoms with Crippen LogP contribution in [-0.4, -0.2) is 24.7 Å². The fourth-order valence-corrected chi connectivity index (χ4v) is 2.47. The second-order valence-corrected chi connectivity index (χ2v) is 4.54. The average Bonchev–Trinajstić information content (AvgIpc) is 3.05. The molecule has 0 bridgehead atoms. The number of nitrogens with one attached hydrogen (secondary N) is 1. The van der Waals surface area contributed by atoms with Crippen LogP contribution in [0.25, 0.3) is 10.6 Å². The summed E-state index contributed by atoms with van der Waals surface area (Å²) in [5.74, 6) is 1.27. The van der Waals surface area contributed by atoms with Crippen molar-refractivity contribution >= 4 is 17.2 Å². The summed E-state index contributed by atoms with van der Waals surface area (Å²) in [7, 11) is 1.59. The van der Waals surface area contributed by atoms with Crippen LogP contribution in [0.4, 0.5) is 0 Å². The van der Waals surface area contributed by atoms with Crippen LogP contribution in [0.3, 0.4) is 0 Å². The first kappa shape index (κ1) is 11.0. The number of hydrogen-bond donors (Lipinski definition) is 1. The molecule has 18 heavy (non-hydrogen) atoms. The summed E-state index contributed by atoms with van der Waals surface area (Å²) < 4.78 is 10.6. The van der Waals surface area contributed by atoms with Crippen LogP contribution in [0.15, 0.2) is 23.6 Å². The summed E-state index contributed by atoms with van der Waals surface area (Å²) in [6.45, 7) is 0.250. The molecule has 0 saturated heterocycles. The number of thiazole rings is 1. The van der Waals surface area contributed by atoms with Gasteiger partial charge in [-0.3, -0.25) is 4.79 Å². The Morgan fingerprint density at radius 2 is 2.22 bits per heavy atom. The third-order valence-electron chi connectivity index (χ3n) is 2.58. The number of amides is 1. The van der Waals surface area contributed by atoms with Crippen LogP contribution in [0.1, 0.15) is 10.5 Å². The summed E-state index contributed by atoms with van der Waals surface area (Å²) >= 11 is 1.42. The van der Waals surface area contributed by atoms with E-state index in [1.165, 1.54) is 11.3 Å². The van der Waals surface area contributed by atoms with Crippen molar-refractivity contribution in [3.8, 4) is 22.1 Å². The van der Waals surface area contributed by atoms with Gasteiger partial charge in [-0.15, -0.1) is 11.3 Å². The van der Waals surface area contributed by atoms with Crippen LogP contribution in [-0.2, 0) is 0 Å². The quantitative estimate of drug-likeness (QED) is 0.898. The molecule has 2 heterocycles. The van der Waals surface area contributed by atoms with Gasteiger partial charge >= 0.3 is 0 Å². The van der Waals surface area contributed by atoms with Gasteiger partial charge in [-0.1, -0.05) is 0 Å². The highest BCUT2D eigenvalue weighted by atomic mass is 32.1. The summed E-state index contributed by atoms with van der Waals surface area (Å²) in [6.07, 6.45) is 0. The summed E-state index contributed by atoms with van der Waals surface area (Å²) in [6, 6.07) is 5.62. The first-order chi connectivity index (χ1) is 8.78. The number of rotatable bonds is 2. The zero-order valence-electron chi connectivity index (χ0n) is 9.60. The van der Waals surface area contributed by atoms with Crippen molar-refractivity contribution in [2.75, 3.05) is 13.8 Å². The molecule has 5 nitrogen and oxygen atoms in total. The van der Waals surface area contributed by atoms with Crippen LogP contribution in [0.5, 0.6) is 11.5 Å². The number of nitrogens with zero attached hydrogens (tertiary/aromatic N) is 1. The lowest BCUT2D eigenvalue weighted by atomic mass is 10.2. The number of ether oxygens (including phenoxy) is 2. The summed E-state index contributed by atoms with van der Waals surface area (Å²) in [5.41, 5.74) is 1.34. The lowest BCUT2D eigenvalue weighted by molar-refractivity contribution is 0.0959. The Balaban J connectivity index is 1.95. The van der Waals surface area contributed by atoms with Crippen LogP contribution in [0, 0.1) is 0 Å². The standard InChI is InChI=1S/C12H10N2O3S/c1-13-11(15)8-5-18-12(14-8)7-2-3-9-10(4-7)17-6-16-9/h2-5H,6H2,1H3,(H,13,15). The molecule has 0 spiro atoms. The van der Waals surface area contributed by atoms with Crippen LogP contribution < -0.4 is 14.8 Å². The fraction of sp³-hybridized carbons (Fsp3) is 0.167. The molecule has 6 heteroatoms. The lowest BCUT2D eigenvalue weighted by Gasteiger charge is -1.99. The van der Waals surface area contributed by atoms with E-state index < -0.39 is 0 Å². The fourth-order valence-electron chi connectivity index (χ4n) is 1.67. The van der Waals surface area contributed by atoms with Gasteiger partial charge in [-0.25, -0.2) is 4.98 Å². The Morgan fingerprint density at radius 3 is 3.06 bits per heavy atom. The van der Waals surface area contributed by atoms with E-state index in [0.29, 0.717) is 11.4 Å². The molecular formula is C12H10N2O3S. The molecule has 1 aromatic carbocycles. The first-order valence-electron chi connectivity index (χ1n) is 5.35. The minimum atomic E-state index is -0.182. The van der Waals surface area contributed by atoms with E-state index in [1.54, 1.807) is 12.4 Å². The summed E-state index contributed by atoms with van der Waals surface area (Å²) in [4.78, 5) is 15.7. The molecule has 3 rings (SSSR count). The molecule has 1 amide bonds. The third kappa shape index (κ3) is 1.80. The van der Waals surface area contributed by atoms with Gasteiger partial charge in [0.25, 0.3) is 5.91 Å². The Kier molecular flexibility index (Phi) is 2.64. The number of aromatic nitrogens is 1. The molecule has 1 aliphatic rings. The topological polar surface area (TPSA) is 60.5 Å². The molecule has 0 radical (unpaired) electrons. The maximum Gasteiger partial charge on any atom is 0.270 e. The molecule has 0 saturated carbocycles. The molecule has 0 aliphatic carbocycles. The molecule has 92 valence electrons. The van der Waals surface area contributed by atoms with Crippen LogP contribution in [0.2, 0.25) is 0 Å². The second-order valence-electron chi connectivity index (χ2n) is 3.69. The minimum absolute atomic E-state index is 0.182. The number of carbonyl (C=O) groups excluding carboxylic acids is 1. The van der Waals surface area contributed by atoms with Crippen molar-refractivity contribution in [3.63, 3.8) is 0 Å². The van der Waals surface area contributed by atoms with Crippen molar-refractivity contribution in [1.29, 1.82) is 0 Å². The van der Waals surface area contributed by atoms with E-state index in [9.17, 15) is 4.79 Å². The zero-order valence-corrected chi connectivity index (χ0v) is 10.4. The highest BCUT2D eigenvalue weighted by Gasteiger charge is 2.16. The maximum atomic E-state index is 11.4. The van der Waals surface area contributed by atoms with Gasteiger partial charge in [0.05, 0.1) is 0 Å². The van der Waals surface area contributed by atoms with Gasteiger partial charge in [0.1, 0.15) is 10.7 Å². The predicted molar refractivity (Wildman–Crippen MR) is 67.1 cm³/mol. The van der Waals surface area contributed by atoms with Crippen LogP contribution >= 0.6 is 11.3 Å². The van der Waals surface area contributed by atoms with E-state index in [0.717, 1.165) is 16.3 Å².